The van der Waals surface area contributed by atoms with Gasteiger partial charge in [-0.2, -0.15) is 0 Å². The molecule has 20 heavy (non-hydrogen) atoms. The molecule has 1 unspecified atom stereocenters. The Morgan fingerprint density at radius 3 is 2.15 bits per heavy atom. The van der Waals surface area contributed by atoms with E-state index in [0.29, 0.717) is 27.9 Å². The first-order chi connectivity index (χ1) is 9.09. The molecule has 1 fully saturated rings. The largest absolute Gasteiger partial charge is 0.310 e. The van der Waals surface area contributed by atoms with Crippen molar-refractivity contribution in [2.45, 2.75) is 47.6 Å². The first-order valence-corrected chi connectivity index (χ1v) is 7.28. The number of hydrogen-bond acceptors (Lipinski definition) is 1. The molecule has 0 amide bonds. The highest BCUT2D eigenvalue weighted by atomic mass is 19.1. The summed E-state index contributed by atoms with van der Waals surface area (Å²) in [5, 5.41) is 3.35. The van der Waals surface area contributed by atoms with Crippen molar-refractivity contribution < 1.29 is 8.78 Å². The van der Waals surface area contributed by atoms with Crippen molar-refractivity contribution in [3.8, 4) is 0 Å². The van der Waals surface area contributed by atoms with Gasteiger partial charge >= 0.3 is 0 Å². The Kier molecular flexibility index (Phi) is 3.70. The van der Waals surface area contributed by atoms with Gasteiger partial charge in [0.2, 0.25) is 0 Å². The van der Waals surface area contributed by atoms with Crippen molar-refractivity contribution in [2.75, 3.05) is 6.54 Å². The molecule has 0 aromatic heterocycles. The molecule has 2 rings (SSSR count). The quantitative estimate of drug-likeness (QED) is 0.850. The van der Waals surface area contributed by atoms with Gasteiger partial charge in [-0.3, -0.25) is 0 Å². The highest BCUT2D eigenvalue weighted by molar-refractivity contribution is 5.27. The third-order valence-electron chi connectivity index (χ3n) is 5.69. The van der Waals surface area contributed by atoms with E-state index in [0.717, 1.165) is 6.54 Å². The van der Waals surface area contributed by atoms with Crippen molar-refractivity contribution in [1.82, 2.24) is 5.32 Å². The molecular weight excluding hydrogens is 256 g/mol. The van der Waals surface area contributed by atoms with Gasteiger partial charge in [0.15, 0.2) is 0 Å². The summed E-state index contributed by atoms with van der Waals surface area (Å²) in [5.74, 6) is -0.115. The van der Waals surface area contributed by atoms with Gasteiger partial charge in [-0.05, 0) is 54.8 Å². The van der Waals surface area contributed by atoms with E-state index in [9.17, 15) is 8.78 Å². The number of benzene rings is 1. The van der Waals surface area contributed by atoms with Crippen molar-refractivity contribution in [2.24, 2.45) is 16.7 Å². The minimum Gasteiger partial charge on any atom is -0.310 e. The first-order valence-electron chi connectivity index (χ1n) is 7.28. The number of halogens is 2. The standard InChI is InChI=1S/C17H25F2N/c1-10-7-14(19)12(8-13(10)18)11(2)20-9-15-16(3,4)17(15,5)6/h7-8,11,15,20H,9H2,1-6H3. The maximum Gasteiger partial charge on any atom is 0.128 e. The maximum absolute atomic E-state index is 13.9. The molecule has 1 N–H and O–H groups in total. The molecule has 1 saturated carbocycles. The predicted molar refractivity (Wildman–Crippen MR) is 78.6 cm³/mol. The zero-order valence-electron chi connectivity index (χ0n) is 13.3. The van der Waals surface area contributed by atoms with E-state index < -0.39 is 0 Å². The second kappa shape index (κ2) is 4.80. The van der Waals surface area contributed by atoms with Crippen LogP contribution in [0.3, 0.4) is 0 Å². The summed E-state index contributed by atoms with van der Waals surface area (Å²) in [5.41, 5.74) is 1.36. The summed E-state index contributed by atoms with van der Waals surface area (Å²) in [6.07, 6.45) is 0. The van der Waals surface area contributed by atoms with E-state index in [1.54, 1.807) is 6.92 Å². The molecule has 1 atom stereocenters. The summed E-state index contributed by atoms with van der Waals surface area (Å²) in [6.45, 7) is 13.3. The van der Waals surface area contributed by atoms with Gasteiger partial charge in [0.05, 0.1) is 0 Å². The molecule has 1 aromatic rings. The highest BCUT2D eigenvalue weighted by Gasteiger charge is 2.63. The van der Waals surface area contributed by atoms with Crippen molar-refractivity contribution in [1.29, 1.82) is 0 Å². The van der Waals surface area contributed by atoms with Crippen LogP contribution in [-0.2, 0) is 0 Å². The third kappa shape index (κ3) is 2.37. The molecule has 112 valence electrons. The lowest BCUT2D eigenvalue weighted by molar-refractivity contribution is 0.457. The van der Waals surface area contributed by atoms with E-state index in [-0.39, 0.29) is 17.7 Å². The van der Waals surface area contributed by atoms with Crippen LogP contribution < -0.4 is 5.32 Å². The third-order valence-corrected chi connectivity index (χ3v) is 5.69. The minimum absolute atomic E-state index is 0.183. The summed E-state index contributed by atoms with van der Waals surface area (Å²) >= 11 is 0. The van der Waals surface area contributed by atoms with E-state index in [1.165, 1.54) is 12.1 Å². The smallest absolute Gasteiger partial charge is 0.128 e. The first kappa shape index (κ1) is 15.4. The summed E-state index contributed by atoms with van der Waals surface area (Å²) < 4.78 is 27.5. The molecule has 3 heteroatoms. The van der Waals surface area contributed by atoms with E-state index in [1.807, 2.05) is 6.92 Å². The Morgan fingerprint density at radius 2 is 1.65 bits per heavy atom. The van der Waals surface area contributed by atoms with E-state index in [2.05, 4.69) is 33.0 Å². The fourth-order valence-electron chi connectivity index (χ4n) is 3.24. The Bertz CT molecular complexity index is 506. The average Bonchev–Trinajstić information content (AvgIpc) is 2.71. The SMILES string of the molecule is Cc1cc(F)c(C(C)NCC2C(C)(C)C2(C)C)cc1F. The van der Waals surface area contributed by atoms with Crippen LogP contribution in [0.15, 0.2) is 12.1 Å². The molecule has 0 saturated heterocycles. The van der Waals surface area contributed by atoms with Crippen LogP contribution in [0.4, 0.5) is 8.78 Å². The molecule has 0 aliphatic heterocycles. The minimum atomic E-state index is -0.345. The number of hydrogen-bond donors (Lipinski definition) is 1. The monoisotopic (exact) mass is 281 g/mol. The maximum atomic E-state index is 13.9. The lowest BCUT2D eigenvalue weighted by Crippen LogP contribution is -2.24. The Balaban J connectivity index is 2.04. The van der Waals surface area contributed by atoms with Crippen LogP contribution >= 0.6 is 0 Å². The van der Waals surface area contributed by atoms with Gasteiger partial charge in [0, 0.05) is 11.6 Å². The molecule has 1 aliphatic carbocycles. The molecule has 0 bridgehead atoms. The lowest BCUT2D eigenvalue weighted by atomic mass is 10.0. The fraction of sp³-hybridized carbons (Fsp3) is 0.647. The van der Waals surface area contributed by atoms with Crippen LogP contribution in [0.5, 0.6) is 0 Å². The normalized spacial score (nSPS) is 21.8. The van der Waals surface area contributed by atoms with Crippen molar-refractivity contribution in [3.63, 3.8) is 0 Å². The Morgan fingerprint density at radius 1 is 1.10 bits per heavy atom. The Labute approximate surface area is 120 Å². The zero-order valence-corrected chi connectivity index (χ0v) is 13.3. The summed E-state index contributed by atoms with van der Waals surface area (Å²) in [7, 11) is 0. The van der Waals surface area contributed by atoms with Crippen LogP contribution in [0.1, 0.15) is 51.8 Å². The molecule has 1 nitrogen and oxygen atoms in total. The van der Waals surface area contributed by atoms with Crippen LogP contribution in [-0.4, -0.2) is 6.54 Å². The van der Waals surface area contributed by atoms with Gasteiger partial charge in [-0.15, -0.1) is 0 Å². The Hall–Kier alpha value is -0.960. The fourth-order valence-corrected chi connectivity index (χ4v) is 3.24. The molecule has 1 aliphatic rings. The molecule has 0 heterocycles. The van der Waals surface area contributed by atoms with Gasteiger partial charge in [0.1, 0.15) is 11.6 Å². The van der Waals surface area contributed by atoms with Crippen molar-refractivity contribution >= 4 is 0 Å². The molecule has 1 aromatic carbocycles. The average molecular weight is 281 g/mol. The van der Waals surface area contributed by atoms with Crippen LogP contribution in [0.2, 0.25) is 0 Å². The zero-order chi connectivity index (χ0) is 15.3. The number of rotatable bonds is 4. The van der Waals surface area contributed by atoms with Gasteiger partial charge in [0.25, 0.3) is 0 Å². The topological polar surface area (TPSA) is 12.0 Å². The lowest BCUT2D eigenvalue weighted by Gasteiger charge is -2.16. The highest BCUT2D eigenvalue weighted by Crippen LogP contribution is 2.68. The summed E-state index contributed by atoms with van der Waals surface area (Å²) in [6, 6.07) is 2.40. The van der Waals surface area contributed by atoms with Gasteiger partial charge < -0.3 is 5.32 Å². The van der Waals surface area contributed by atoms with Crippen molar-refractivity contribution in [3.05, 3.63) is 34.9 Å². The number of nitrogens with one attached hydrogen (secondary N) is 1. The second-order valence-electron chi connectivity index (χ2n) is 7.25. The number of aryl methyl sites for hydroxylation is 1. The van der Waals surface area contributed by atoms with E-state index >= 15 is 0 Å². The molecular formula is C17H25F2N. The van der Waals surface area contributed by atoms with Gasteiger partial charge in [-0.1, -0.05) is 27.7 Å². The van der Waals surface area contributed by atoms with Crippen LogP contribution in [0, 0.1) is 35.3 Å². The summed E-state index contributed by atoms with van der Waals surface area (Å²) in [4.78, 5) is 0. The van der Waals surface area contributed by atoms with Crippen LogP contribution in [0.25, 0.3) is 0 Å². The molecule has 0 radical (unpaired) electrons. The second-order valence-corrected chi connectivity index (χ2v) is 7.25. The van der Waals surface area contributed by atoms with E-state index in [4.69, 9.17) is 0 Å². The predicted octanol–water partition coefficient (Wildman–Crippen LogP) is 4.61. The molecule has 0 spiro atoms. The van der Waals surface area contributed by atoms with Gasteiger partial charge in [-0.25, -0.2) is 8.78 Å².